The topological polar surface area (TPSA) is 40.5 Å². The first-order valence-electron chi connectivity index (χ1n) is 7.51. The Kier molecular flexibility index (Phi) is 4.62. The second kappa shape index (κ2) is 6.52. The van der Waals surface area contributed by atoms with E-state index in [0.717, 1.165) is 5.56 Å². The van der Waals surface area contributed by atoms with Gasteiger partial charge < -0.3 is 10.0 Å². The van der Waals surface area contributed by atoms with Crippen LogP contribution < -0.4 is 0 Å². The van der Waals surface area contributed by atoms with Crippen molar-refractivity contribution in [3.63, 3.8) is 0 Å². The van der Waals surface area contributed by atoms with Crippen LogP contribution in [0.2, 0.25) is 10.0 Å². The van der Waals surface area contributed by atoms with Crippen molar-refractivity contribution in [2.24, 2.45) is 0 Å². The molecule has 120 valence electrons. The largest absolute Gasteiger partial charge is 0.385 e. The van der Waals surface area contributed by atoms with Crippen LogP contribution in [0.1, 0.15) is 28.8 Å². The van der Waals surface area contributed by atoms with E-state index in [2.05, 4.69) is 0 Å². The van der Waals surface area contributed by atoms with Gasteiger partial charge in [0.15, 0.2) is 0 Å². The zero-order chi connectivity index (χ0) is 16.4. The van der Waals surface area contributed by atoms with Gasteiger partial charge in [-0.3, -0.25) is 4.79 Å². The quantitative estimate of drug-likeness (QED) is 0.885. The van der Waals surface area contributed by atoms with E-state index < -0.39 is 5.60 Å². The molecule has 1 aliphatic rings. The number of aliphatic hydroxyl groups is 1. The second-order valence-electron chi connectivity index (χ2n) is 5.84. The third-order valence-corrected chi connectivity index (χ3v) is 4.82. The maximum absolute atomic E-state index is 12.5. The molecule has 1 saturated heterocycles. The van der Waals surface area contributed by atoms with Crippen LogP contribution in [0.3, 0.4) is 0 Å². The van der Waals surface area contributed by atoms with Gasteiger partial charge >= 0.3 is 0 Å². The summed E-state index contributed by atoms with van der Waals surface area (Å²) in [6, 6.07) is 14.2. The summed E-state index contributed by atoms with van der Waals surface area (Å²) < 4.78 is 0. The van der Waals surface area contributed by atoms with Gasteiger partial charge in [0.05, 0.1) is 5.60 Å². The number of hydrogen-bond donors (Lipinski definition) is 1. The number of nitrogens with zero attached hydrogens (tertiary/aromatic N) is 1. The number of likely N-dealkylation sites (tertiary alicyclic amines) is 1. The van der Waals surface area contributed by atoms with Crippen molar-refractivity contribution in [3.8, 4) is 0 Å². The van der Waals surface area contributed by atoms with Crippen LogP contribution in [-0.4, -0.2) is 29.0 Å². The Hall–Kier alpha value is -1.55. The Morgan fingerprint density at radius 3 is 2.26 bits per heavy atom. The summed E-state index contributed by atoms with van der Waals surface area (Å²) in [5.74, 6) is -0.0503. The lowest BCUT2D eigenvalue weighted by Gasteiger charge is -2.38. The van der Waals surface area contributed by atoms with E-state index in [1.807, 2.05) is 12.1 Å². The molecule has 1 fully saturated rings. The monoisotopic (exact) mass is 349 g/mol. The fourth-order valence-electron chi connectivity index (χ4n) is 2.93. The molecule has 0 radical (unpaired) electrons. The molecule has 0 bridgehead atoms. The molecule has 0 atom stereocenters. The summed E-state index contributed by atoms with van der Waals surface area (Å²) in [4.78, 5) is 14.3. The Labute approximate surface area is 145 Å². The molecular weight excluding hydrogens is 333 g/mol. The predicted molar refractivity (Wildman–Crippen MR) is 91.9 cm³/mol. The lowest BCUT2D eigenvalue weighted by atomic mass is 9.84. The molecule has 1 amide bonds. The molecule has 5 heteroatoms. The number of hydrogen-bond acceptors (Lipinski definition) is 2. The number of rotatable bonds is 2. The lowest BCUT2D eigenvalue weighted by molar-refractivity contribution is -0.0211. The fraction of sp³-hybridized carbons (Fsp3) is 0.278. The van der Waals surface area contributed by atoms with Gasteiger partial charge in [-0.05, 0) is 48.7 Å². The molecule has 1 aliphatic heterocycles. The summed E-state index contributed by atoms with van der Waals surface area (Å²) in [6.07, 6.45) is 1.00. The minimum Gasteiger partial charge on any atom is -0.385 e. The van der Waals surface area contributed by atoms with Crippen LogP contribution in [-0.2, 0) is 5.60 Å². The van der Waals surface area contributed by atoms with Gasteiger partial charge in [-0.25, -0.2) is 0 Å². The van der Waals surface area contributed by atoms with Crippen molar-refractivity contribution in [1.29, 1.82) is 0 Å². The average molecular weight is 350 g/mol. The summed E-state index contributed by atoms with van der Waals surface area (Å²) in [6.45, 7) is 1.01. The lowest BCUT2D eigenvalue weighted by Crippen LogP contribution is -2.45. The Morgan fingerprint density at radius 2 is 1.65 bits per heavy atom. The number of carbonyl (C=O) groups excluding carboxylic acids is 1. The molecule has 0 aliphatic carbocycles. The zero-order valence-electron chi connectivity index (χ0n) is 12.5. The van der Waals surface area contributed by atoms with Crippen molar-refractivity contribution >= 4 is 29.1 Å². The highest BCUT2D eigenvalue weighted by Gasteiger charge is 2.35. The van der Waals surface area contributed by atoms with Gasteiger partial charge in [-0.1, -0.05) is 41.4 Å². The van der Waals surface area contributed by atoms with Crippen molar-refractivity contribution < 1.29 is 9.90 Å². The first-order chi connectivity index (χ1) is 11.0. The fourth-order valence-corrected chi connectivity index (χ4v) is 3.25. The normalized spacial score (nSPS) is 17.1. The number of carbonyl (C=O) groups is 1. The third-order valence-electron chi connectivity index (χ3n) is 4.33. The molecule has 1 heterocycles. The van der Waals surface area contributed by atoms with E-state index >= 15 is 0 Å². The van der Waals surface area contributed by atoms with E-state index in [0.29, 0.717) is 41.5 Å². The second-order valence-corrected chi connectivity index (χ2v) is 6.71. The van der Waals surface area contributed by atoms with Crippen LogP contribution >= 0.6 is 23.2 Å². The van der Waals surface area contributed by atoms with E-state index in [1.54, 1.807) is 41.3 Å². The van der Waals surface area contributed by atoms with Gasteiger partial charge in [-0.15, -0.1) is 0 Å². The van der Waals surface area contributed by atoms with Crippen molar-refractivity contribution in [1.82, 2.24) is 4.90 Å². The minimum absolute atomic E-state index is 0.0503. The van der Waals surface area contributed by atoms with E-state index in [9.17, 15) is 9.90 Å². The van der Waals surface area contributed by atoms with Crippen molar-refractivity contribution in [2.75, 3.05) is 13.1 Å². The van der Waals surface area contributed by atoms with Crippen LogP contribution in [0.15, 0.2) is 48.5 Å². The molecule has 2 aromatic rings. The average Bonchev–Trinajstić information content (AvgIpc) is 2.55. The number of halogens is 2. The van der Waals surface area contributed by atoms with E-state index in [4.69, 9.17) is 23.2 Å². The van der Waals surface area contributed by atoms with Gasteiger partial charge in [0, 0.05) is 28.7 Å². The molecule has 0 spiro atoms. The van der Waals surface area contributed by atoms with E-state index in [1.165, 1.54) is 0 Å². The minimum atomic E-state index is -0.907. The Bertz CT molecular complexity index is 707. The van der Waals surface area contributed by atoms with Crippen LogP contribution in [0.4, 0.5) is 0 Å². The van der Waals surface area contributed by atoms with Gasteiger partial charge in [0.25, 0.3) is 5.91 Å². The maximum Gasteiger partial charge on any atom is 0.253 e. The smallest absolute Gasteiger partial charge is 0.253 e. The van der Waals surface area contributed by atoms with Crippen LogP contribution in [0.5, 0.6) is 0 Å². The molecule has 0 aromatic heterocycles. The Balaban J connectivity index is 1.70. The SMILES string of the molecule is O=C(c1cccc(Cl)c1)N1CCC(O)(c2ccc(Cl)cc2)CC1. The number of benzene rings is 2. The highest BCUT2D eigenvalue weighted by Crippen LogP contribution is 2.33. The number of amides is 1. The highest BCUT2D eigenvalue weighted by atomic mass is 35.5. The Morgan fingerprint density at radius 1 is 1.00 bits per heavy atom. The molecule has 0 unspecified atom stereocenters. The molecule has 3 nitrogen and oxygen atoms in total. The van der Waals surface area contributed by atoms with Gasteiger partial charge in [-0.2, -0.15) is 0 Å². The summed E-state index contributed by atoms with van der Waals surface area (Å²) in [5, 5.41) is 12.0. The molecule has 0 saturated carbocycles. The highest BCUT2D eigenvalue weighted by molar-refractivity contribution is 6.31. The maximum atomic E-state index is 12.5. The third kappa shape index (κ3) is 3.52. The van der Waals surface area contributed by atoms with Gasteiger partial charge in [0.1, 0.15) is 0 Å². The van der Waals surface area contributed by atoms with Gasteiger partial charge in [0.2, 0.25) is 0 Å². The van der Waals surface area contributed by atoms with Crippen LogP contribution in [0, 0.1) is 0 Å². The number of piperidine rings is 1. The molecule has 1 N–H and O–H groups in total. The molecule has 23 heavy (non-hydrogen) atoms. The summed E-state index contributed by atoms with van der Waals surface area (Å²) in [5.41, 5.74) is 0.515. The van der Waals surface area contributed by atoms with Crippen molar-refractivity contribution in [3.05, 3.63) is 69.7 Å². The van der Waals surface area contributed by atoms with E-state index in [-0.39, 0.29) is 5.91 Å². The van der Waals surface area contributed by atoms with Crippen LogP contribution in [0.25, 0.3) is 0 Å². The first kappa shape index (κ1) is 16.3. The molecular formula is C18H17Cl2NO2. The summed E-state index contributed by atoms with van der Waals surface area (Å²) in [7, 11) is 0. The molecule has 3 rings (SSSR count). The standard InChI is InChI=1S/C18H17Cl2NO2/c19-15-6-4-14(5-7-15)18(23)8-10-21(11-9-18)17(22)13-2-1-3-16(20)12-13/h1-7,12,23H,8-11H2. The predicted octanol–water partition coefficient (Wildman–Crippen LogP) is 4.12. The molecule has 2 aromatic carbocycles. The summed E-state index contributed by atoms with van der Waals surface area (Å²) >= 11 is 11.8. The zero-order valence-corrected chi connectivity index (χ0v) is 14.0. The first-order valence-corrected chi connectivity index (χ1v) is 8.27. The van der Waals surface area contributed by atoms with Crippen molar-refractivity contribution in [2.45, 2.75) is 18.4 Å².